The van der Waals surface area contributed by atoms with Crippen molar-refractivity contribution in [1.82, 2.24) is 0 Å². The third-order valence-corrected chi connectivity index (χ3v) is 3.83. The van der Waals surface area contributed by atoms with Gasteiger partial charge in [-0.1, -0.05) is 36.4 Å². The molecule has 0 spiro atoms. The number of benzene rings is 1. The lowest BCUT2D eigenvalue weighted by atomic mass is 10.2. The van der Waals surface area contributed by atoms with Crippen LogP contribution in [-0.2, 0) is 0 Å². The summed E-state index contributed by atoms with van der Waals surface area (Å²) < 4.78 is 2.18. The van der Waals surface area contributed by atoms with Gasteiger partial charge in [0.2, 0.25) is 0 Å². The summed E-state index contributed by atoms with van der Waals surface area (Å²) in [7, 11) is 0. The number of halogens is 1. The molecule has 0 aliphatic heterocycles. The van der Waals surface area contributed by atoms with Crippen molar-refractivity contribution in [2.24, 2.45) is 5.73 Å². The highest BCUT2D eigenvalue weighted by atomic mass is 35.5. The van der Waals surface area contributed by atoms with Crippen molar-refractivity contribution in [3.05, 3.63) is 46.3 Å². The van der Waals surface area contributed by atoms with Gasteiger partial charge in [0.1, 0.15) is 0 Å². The molecule has 76 valence electrons. The number of thiophene rings is 1. The first-order valence-corrected chi connectivity index (χ1v) is 5.68. The average Bonchev–Trinajstić information content (AvgIpc) is 2.57. The molecule has 0 aliphatic rings. The van der Waals surface area contributed by atoms with E-state index in [1.165, 1.54) is 10.9 Å². The standard InChI is InChI=1S/C12H10ClNS/c1-8-9-4-2-3-5-11(9)15-12(8)10(13)6-7-14/h2-7H,1,14H2/b7-6-,12-10-. The molecule has 2 rings (SSSR count). The van der Waals surface area contributed by atoms with Crippen molar-refractivity contribution < 1.29 is 0 Å². The molecule has 3 heteroatoms. The van der Waals surface area contributed by atoms with Crippen LogP contribution in [0.4, 0.5) is 0 Å². The summed E-state index contributed by atoms with van der Waals surface area (Å²) in [4.78, 5) is 0. The van der Waals surface area contributed by atoms with Gasteiger partial charge in [0.05, 0.1) is 9.56 Å². The van der Waals surface area contributed by atoms with Gasteiger partial charge < -0.3 is 5.73 Å². The lowest BCUT2D eigenvalue weighted by Gasteiger charge is -1.84. The van der Waals surface area contributed by atoms with Crippen LogP contribution in [-0.4, -0.2) is 0 Å². The minimum atomic E-state index is 0.642. The number of nitrogens with two attached hydrogens (primary N) is 1. The second-order valence-electron chi connectivity index (χ2n) is 3.11. The molecule has 0 saturated carbocycles. The minimum absolute atomic E-state index is 0.642. The van der Waals surface area contributed by atoms with Crippen LogP contribution in [0.15, 0.2) is 36.5 Å². The molecule has 2 aromatic rings. The molecule has 0 amide bonds. The van der Waals surface area contributed by atoms with Gasteiger partial charge in [-0.25, -0.2) is 0 Å². The van der Waals surface area contributed by atoms with Crippen LogP contribution in [0, 0.1) is 0 Å². The number of fused-ring (bicyclic) bond motifs is 1. The Morgan fingerprint density at radius 2 is 2.13 bits per heavy atom. The summed E-state index contributed by atoms with van der Waals surface area (Å²) in [5.74, 6) is 0. The Labute approximate surface area is 96.8 Å². The third kappa shape index (κ3) is 1.78. The largest absolute Gasteiger partial charge is 0.405 e. The highest BCUT2D eigenvalue weighted by molar-refractivity contribution is 7.17. The number of hydrogen-bond acceptors (Lipinski definition) is 2. The zero-order chi connectivity index (χ0) is 10.8. The highest BCUT2D eigenvalue weighted by Crippen LogP contribution is 2.13. The van der Waals surface area contributed by atoms with Gasteiger partial charge >= 0.3 is 0 Å². The van der Waals surface area contributed by atoms with Crippen LogP contribution >= 0.6 is 22.9 Å². The fraction of sp³-hybridized carbons (Fsp3) is 0. The van der Waals surface area contributed by atoms with E-state index in [0.29, 0.717) is 5.03 Å². The molecule has 1 nitrogen and oxygen atoms in total. The predicted octanol–water partition coefficient (Wildman–Crippen LogP) is 2.13. The quantitative estimate of drug-likeness (QED) is 0.805. The summed E-state index contributed by atoms with van der Waals surface area (Å²) in [6.07, 6.45) is 3.12. The topological polar surface area (TPSA) is 26.0 Å². The van der Waals surface area contributed by atoms with Gasteiger partial charge in [-0.3, -0.25) is 0 Å². The zero-order valence-electron chi connectivity index (χ0n) is 8.03. The molecule has 1 heterocycles. The van der Waals surface area contributed by atoms with Crippen molar-refractivity contribution in [2.75, 3.05) is 0 Å². The van der Waals surface area contributed by atoms with E-state index in [2.05, 4.69) is 12.6 Å². The first-order chi connectivity index (χ1) is 7.24. The molecule has 0 saturated heterocycles. The number of rotatable bonds is 1. The second-order valence-corrected chi connectivity index (χ2v) is 4.57. The molecular formula is C12H10ClNS. The monoisotopic (exact) mass is 235 g/mol. The van der Waals surface area contributed by atoms with Crippen molar-refractivity contribution in [1.29, 1.82) is 0 Å². The minimum Gasteiger partial charge on any atom is -0.405 e. The van der Waals surface area contributed by atoms with Crippen molar-refractivity contribution >= 4 is 44.6 Å². The molecule has 2 N–H and O–H groups in total. The molecule has 1 aromatic carbocycles. The van der Waals surface area contributed by atoms with Gasteiger partial charge in [0.25, 0.3) is 0 Å². The van der Waals surface area contributed by atoms with Crippen LogP contribution in [0.2, 0.25) is 0 Å². The van der Waals surface area contributed by atoms with Gasteiger partial charge in [-0.05, 0) is 28.9 Å². The summed E-state index contributed by atoms with van der Waals surface area (Å²) in [6.45, 7) is 4.04. The van der Waals surface area contributed by atoms with Crippen molar-refractivity contribution in [3.63, 3.8) is 0 Å². The van der Waals surface area contributed by atoms with Crippen molar-refractivity contribution in [2.45, 2.75) is 0 Å². The SMILES string of the molecule is C=c1/c(=C(Cl)\C=C/N)sc2ccccc12. The molecule has 15 heavy (non-hydrogen) atoms. The van der Waals surface area contributed by atoms with Gasteiger partial charge in [-0.15, -0.1) is 11.3 Å². The normalized spacial score (nSPS) is 13.7. The third-order valence-electron chi connectivity index (χ3n) is 2.16. The maximum absolute atomic E-state index is 6.10. The Morgan fingerprint density at radius 1 is 1.40 bits per heavy atom. The highest BCUT2D eigenvalue weighted by Gasteiger charge is 2.00. The van der Waals surface area contributed by atoms with E-state index < -0.39 is 0 Å². The molecule has 0 unspecified atom stereocenters. The average molecular weight is 236 g/mol. The molecule has 0 bridgehead atoms. The second kappa shape index (κ2) is 4.09. The van der Waals surface area contributed by atoms with E-state index in [9.17, 15) is 0 Å². The fourth-order valence-electron chi connectivity index (χ4n) is 1.45. The number of allylic oxidation sites excluding steroid dienone is 1. The van der Waals surface area contributed by atoms with Gasteiger partial charge in [-0.2, -0.15) is 0 Å². The Hall–Kier alpha value is -1.25. The Morgan fingerprint density at radius 3 is 2.80 bits per heavy atom. The van der Waals surface area contributed by atoms with Crippen LogP contribution in [0.3, 0.4) is 0 Å². The Balaban J connectivity index is 2.91. The zero-order valence-corrected chi connectivity index (χ0v) is 9.61. The summed E-state index contributed by atoms with van der Waals surface area (Å²) in [5.41, 5.74) is 5.31. The van der Waals surface area contributed by atoms with E-state index in [-0.39, 0.29) is 0 Å². The van der Waals surface area contributed by atoms with E-state index in [0.717, 1.165) is 15.1 Å². The van der Waals surface area contributed by atoms with Crippen LogP contribution in [0.25, 0.3) is 21.7 Å². The Bertz CT molecular complexity index is 625. The lowest BCUT2D eigenvalue weighted by molar-refractivity contribution is 1.61. The number of hydrogen-bond donors (Lipinski definition) is 1. The summed E-state index contributed by atoms with van der Waals surface area (Å²) in [6, 6.07) is 8.12. The summed E-state index contributed by atoms with van der Waals surface area (Å²) >= 11 is 7.74. The predicted molar refractivity (Wildman–Crippen MR) is 69.2 cm³/mol. The molecule has 0 radical (unpaired) electrons. The smallest absolute Gasteiger partial charge is 0.0598 e. The summed E-state index contributed by atoms with van der Waals surface area (Å²) in [5, 5.41) is 2.77. The molecule has 0 fully saturated rings. The fourth-order valence-corrected chi connectivity index (χ4v) is 2.82. The maximum Gasteiger partial charge on any atom is 0.0598 e. The van der Waals surface area contributed by atoms with Crippen LogP contribution in [0.5, 0.6) is 0 Å². The van der Waals surface area contributed by atoms with Crippen molar-refractivity contribution in [3.8, 4) is 0 Å². The van der Waals surface area contributed by atoms with Gasteiger partial charge in [0, 0.05) is 4.70 Å². The molecule has 0 atom stereocenters. The van der Waals surface area contributed by atoms with E-state index in [1.807, 2.05) is 18.2 Å². The first kappa shape index (κ1) is 10.3. The maximum atomic E-state index is 6.10. The van der Waals surface area contributed by atoms with E-state index >= 15 is 0 Å². The van der Waals surface area contributed by atoms with E-state index in [1.54, 1.807) is 17.4 Å². The Kier molecular flexibility index (Phi) is 2.80. The lowest BCUT2D eigenvalue weighted by Crippen LogP contribution is -2.17. The van der Waals surface area contributed by atoms with Gasteiger partial charge in [0.15, 0.2) is 0 Å². The van der Waals surface area contributed by atoms with Crippen LogP contribution in [0.1, 0.15) is 0 Å². The molecular weight excluding hydrogens is 226 g/mol. The van der Waals surface area contributed by atoms with Crippen LogP contribution < -0.4 is 15.5 Å². The van der Waals surface area contributed by atoms with E-state index in [4.69, 9.17) is 17.3 Å². The first-order valence-electron chi connectivity index (χ1n) is 4.48. The molecule has 0 aliphatic carbocycles. The molecule has 1 aromatic heterocycles.